The van der Waals surface area contributed by atoms with Crippen LogP contribution >= 0.6 is 11.8 Å². The molecule has 0 unspecified atom stereocenters. The molecule has 0 atom stereocenters. The van der Waals surface area contributed by atoms with E-state index in [0.29, 0.717) is 11.6 Å². The number of rotatable bonds is 4. The SMILES string of the molecule is CCc1noc(CSc2ccoc2C)n1. The average molecular weight is 224 g/mol. The topological polar surface area (TPSA) is 52.1 Å². The fourth-order valence-electron chi connectivity index (χ4n) is 1.15. The number of furan rings is 1. The van der Waals surface area contributed by atoms with Crippen molar-refractivity contribution in [3.8, 4) is 0 Å². The Balaban J connectivity index is 1.96. The van der Waals surface area contributed by atoms with Crippen LogP contribution in [0.3, 0.4) is 0 Å². The molecule has 2 heterocycles. The predicted molar refractivity (Wildman–Crippen MR) is 56.7 cm³/mol. The van der Waals surface area contributed by atoms with Crippen LogP contribution in [0.25, 0.3) is 0 Å². The van der Waals surface area contributed by atoms with Gasteiger partial charge in [0.25, 0.3) is 0 Å². The van der Waals surface area contributed by atoms with Crippen molar-refractivity contribution in [2.24, 2.45) is 0 Å². The van der Waals surface area contributed by atoms with Crippen molar-refractivity contribution in [3.63, 3.8) is 0 Å². The second-order valence-corrected chi connectivity index (χ2v) is 4.10. The minimum absolute atomic E-state index is 0.664. The Hall–Kier alpha value is -1.23. The number of aromatic nitrogens is 2. The molecule has 0 aliphatic carbocycles. The molecule has 2 aromatic rings. The summed E-state index contributed by atoms with van der Waals surface area (Å²) < 4.78 is 10.3. The molecule has 0 saturated carbocycles. The lowest BCUT2D eigenvalue weighted by Crippen LogP contribution is -1.84. The van der Waals surface area contributed by atoms with Gasteiger partial charge >= 0.3 is 0 Å². The first-order valence-electron chi connectivity index (χ1n) is 4.78. The van der Waals surface area contributed by atoms with Crippen LogP contribution in [-0.4, -0.2) is 10.1 Å². The number of aryl methyl sites for hydroxylation is 2. The van der Waals surface area contributed by atoms with Crippen molar-refractivity contribution in [3.05, 3.63) is 29.8 Å². The van der Waals surface area contributed by atoms with Gasteiger partial charge in [-0.25, -0.2) is 0 Å². The molecule has 5 heteroatoms. The van der Waals surface area contributed by atoms with Gasteiger partial charge in [0, 0.05) is 11.3 Å². The smallest absolute Gasteiger partial charge is 0.237 e. The van der Waals surface area contributed by atoms with E-state index in [0.717, 1.165) is 22.9 Å². The maximum absolute atomic E-state index is 5.19. The molecule has 0 aliphatic heterocycles. The lowest BCUT2D eigenvalue weighted by Gasteiger charge is -1.93. The minimum atomic E-state index is 0.664. The highest BCUT2D eigenvalue weighted by Crippen LogP contribution is 2.25. The number of thioether (sulfide) groups is 1. The van der Waals surface area contributed by atoms with Gasteiger partial charge in [0.15, 0.2) is 5.82 Å². The van der Waals surface area contributed by atoms with Gasteiger partial charge in [-0.1, -0.05) is 12.1 Å². The van der Waals surface area contributed by atoms with Crippen molar-refractivity contribution >= 4 is 11.8 Å². The molecule has 0 bridgehead atoms. The summed E-state index contributed by atoms with van der Waals surface area (Å²) in [5, 5.41) is 3.83. The fraction of sp³-hybridized carbons (Fsp3) is 0.400. The van der Waals surface area contributed by atoms with E-state index in [-0.39, 0.29) is 0 Å². The molecule has 0 aromatic carbocycles. The molecule has 0 fully saturated rings. The van der Waals surface area contributed by atoms with Crippen LogP contribution in [-0.2, 0) is 12.2 Å². The summed E-state index contributed by atoms with van der Waals surface area (Å²) in [5.41, 5.74) is 0. The molecule has 0 saturated heterocycles. The highest BCUT2D eigenvalue weighted by Gasteiger charge is 2.07. The highest BCUT2D eigenvalue weighted by molar-refractivity contribution is 7.98. The molecule has 0 N–H and O–H groups in total. The fourth-order valence-corrected chi connectivity index (χ4v) is 1.95. The third kappa shape index (κ3) is 2.41. The van der Waals surface area contributed by atoms with Gasteiger partial charge in [-0.2, -0.15) is 4.98 Å². The lowest BCUT2D eigenvalue weighted by molar-refractivity contribution is 0.385. The molecule has 0 radical (unpaired) electrons. The molecule has 0 amide bonds. The highest BCUT2D eigenvalue weighted by atomic mass is 32.2. The first-order valence-corrected chi connectivity index (χ1v) is 5.76. The monoisotopic (exact) mass is 224 g/mol. The summed E-state index contributed by atoms with van der Waals surface area (Å²) >= 11 is 1.64. The minimum Gasteiger partial charge on any atom is -0.468 e. The van der Waals surface area contributed by atoms with E-state index in [1.54, 1.807) is 18.0 Å². The van der Waals surface area contributed by atoms with Crippen LogP contribution in [0, 0.1) is 6.92 Å². The van der Waals surface area contributed by atoms with Gasteiger partial charge in [-0.3, -0.25) is 0 Å². The molecule has 4 nitrogen and oxygen atoms in total. The second-order valence-electron chi connectivity index (χ2n) is 3.09. The zero-order chi connectivity index (χ0) is 10.7. The Bertz CT molecular complexity index is 436. The number of hydrogen-bond acceptors (Lipinski definition) is 5. The van der Waals surface area contributed by atoms with E-state index < -0.39 is 0 Å². The van der Waals surface area contributed by atoms with E-state index in [1.807, 2.05) is 19.9 Å². The molecule has 2 rings (SSSR count). The number of hydrogen-bond donors (Lipinski definition) is 0. The summed E-state index contributed by atoms with van der Waals surface area (Å²) in [4.78, 5) is 5.35. The summed E-state index contributed by atoms with van der Waals surface area (Å²) in [5.74, 6) is 3.04. The largest absolute Gasteiger partial charge is 0.468 e. The van der Waals surface area contributed by atoms with E-state index in [4.69, 9.17) is 8.94 Å². The third-order valence-electron chi connectivity index (χ3n) is 1.99. The Labute approximate surface area is 92.1 Å². The van der Waals surface area contributed by atoms with Gasteiger partial charge in [-0.15, -0.1) is 11.8 Å². The summed E-state index contributed by atoms with van der Waals surface area (Å²) in [6, 6.07) is 1.94. The normalized spacial score (nSPS) is 10.8. The molecule has 2 aromatic heterocycles. The molecular formula is C10H12N2O2S. The van der Waals surface area contributed by atoms with E-state index >= 15 is 0 Å². The predicted octanol–water partition coefficient (Wildman–Crippen LogP) is 2.83. The van der Waals surface area contributed by atoms with Gasteiger partial charge < -0.3 is 8.94 Å². The van der Waals surface area contributed by atoms with Crippen LogP contribution in [0.1, 0.15) is 24.4 Å². The van der Waals surface area contributed by atoms with Crippen LogP contribution in [0.2, 0.25) is 0 Å². The van der Waals surface area contributed by atoms with Crippen LogP contribution in [0.15, 0.2) is 26.2 Å². The first-order chi connectivity index (χ1) is 7.29. The Morgan fingerprint density at radius 1 is 1.47 bits per heavy atom. The Kier molecular flexibility index (Phi) is 3.11. The van der Waals surface area contributed by atoms with Gasteiger partial charge in [0.1, 0.15) is 5.76 Å². The van der Waals surface area contributed by atoms with E-state index in [2.05, 4.69) is 10.1 Å². The molecular weight excluding hydrogens is 212 g/mol. The first kappa shape index (κ1) is 10.3. The third-order valence-corrected chi connectivity index (χ3v) is 3.11. The zero-order valence-corrected chi connectivity index (χ0v) is 9.50. The summed E-state index contributed by atoms with van der Waals surface area (Å²) in [7, 11) is 0. The lowest BCUT2D eigenvalue weighted by atomic mass is 10.5. The standard InChI is InChI=1S/C10H12N2O2S/c1-3-9-11-10(14-12-9)6-15-8-4-5-13-7(8)2/h4-5H,3,6H2,1-2H3. The average Bonchev–Trinajstić information content (AvgIpc) is 2.84. The molecule has 0 spiro atoms. The van der Waals surface area contributed by atoms with Crippen molar-refractivity contribution in [1.82, 2.24) is 10.1 Å². The quantitative estimate of drug-likeness (QED) is 0.747. The molecule has 0 aliphatic rings. The second kappa shape index (κ2) is 4.53. The van der Waals surface area contributed by atoms with Crippen molar-refractivity contribution in [2.75, 3.05) is 0 Å². The van der Waals surface area contributed by atoms with Gasteiger partial charge in [0.05, 0.1) is 12.0 Å². The maximum atomic E-state index is 5.19. The molecule has 80 valence electrons. The van der Waals surface area contributed by atoms with Crippen LogP contribution in [0.5, 0.6) is 0 Å². The van der Waals surface area contributed by atoms with Crippen molar-refractivity contribution in [1.29, 1.82) is 0 Å². The summed E-state index contributed by atoms with van der Waals surface area (Å²) in [6.07, 6.45) is 2.49. The Morgan fingerprint density at radius 2 is 2.33 bits per heavy atom. The van der Waals surface area contributed by atoms with Gasteiger partial charge in [0.2, 0.25) is 5.89 Å². The van der Waals surface area contributed by atoms with Gasteiger partial charge in [-0.05, 0) is 13.0 Å². The van der Waals surface area contributed by atoms with Crippen LogP contribution < -0.4 is 0 Å². The van der Waals surface area contributed by atoms with Crippen molar-refractivity contribution < 1.29 is 8.94 Å². The van der Waals surface area contributed by atoms with E-state index in [1.165, 1.54) is 0 Å². The maximum Gasteiger partial charge on any atom is 0.237 e. The van der Waals surface area contributed by atoms with E-state index in [9.17, 15) is 0 Å². The zero-order valence-electron chi connectivity index (χ0n) is 8.69. The van der Waals surface area contributed by atoms with Crippen LogP contribution in [0.4, 0.5) is 0 Å². The molecule has 15 heavy (non-hydrogen) atoms. The Morgan fingerprint density at radius 3 is 2.93 bits per heavy atom. The van der Waals surface area contributed by atoms with Crippen molar-refractivity contribution in [2.45, 2.75) is 30.9 Å². The number of nitrogens with zero attached hydrogens (tertiary/aromatic N) is 2. The summed E-state index contributed by atoms with van der Waals surface area (Å²) in [6.45, 7) is 3.94.